The van der Waals surface area contributed by atoms with Crippen molar-refractivity contribution >= 4 is 25.6 Å². The third-order valence-electron chi connectivity index (χ3n) is 4.23. The lowest BCUT2D eigenvalue weighted by atomic mass is 9.98. The van der Waals surface area contributed by atoms with Crippen LogP contribution < -0.4 is 5.32 Å². The molecule has 1 aromatic rings. The van der Waals surface area contributed by atoms with Gasteiger partial charge in [0.1, 0.15) is 4.90 Å². The molecule has 2 N–H and O–H groups in total. The van der Waals surface area contributed by atoms with Gasteiger partial charge < -0.3 is 5.32 Å². The number of nitrogens with one attached hydrogen (secondary N) is 2. The number of hydrogen-bond donors (Lipinski definition) is 2. The van der Waals surface area contributed by atoms with Gasteiger partial charge in [-0.15, -0.1) is 0 Å². The molecule has 0 saturated heterocycles. The molecule has 0 spiro atoms. The Labute approximate surface area is 128 Å². The number of rotatable bonds is 5. The summed E-state index contributed by atoms with van der Waals surface area (Å²) in [7, 11) is 1.49. The predicted octanol–water partition coefficient (Wildman–Crippen LogP) is 2.13. The molecule has 0 radical (unpaired) electrons. The van der Waals surface area contributed by atoms with Gasteiger partial charge in [0.05, 0.1) is 5.69 Å². The van der Waals surface area contributed by atoms with Crippen LogP contribution in [0.4, 0.5) is 0 Å². The molecule has 8 heteroatoms. The van der Waals surface area contributed by atoms with Crippen LogP contribution in [0.25, 0.3) is 0 Å². The number of aromatic amines is 1. The highest BCUT2D eigenvalue weighted by molar-refractivity contribution is 8.13. The van der Waals surface area contributed by atoms with Gasteiger partial charge in [-0.2, -0.15) is 5.10 Å². The summed E-state index contributed by atoms with van der Waals surface area (Å²) in [5, 5.41) is 9.46. The van der Waals surface area contributed by atoms with Gasteiger partial charge in [0.2, 0.25) is 0 Å². The zero-order valence-corrected chi connectivity index (χ0v) is 13.5. The second-order valence-corrected chi connectivity index (χ2v) is 8.98. The lowest BCUT2D eigenvalue weighted by molar-refractivity contribution is 0.0894. The Morgan fingerprint density at radius 3 is 2.43 bits per heavy atom. The SMILES string of the molecule is CC(C)(NC(=O)c1n[nH]c(C2CC2)c1S(=O)(=O)Cl)C1CC1. The maximum atomic E-state index is 12.4. The molecule has 2 fully saturated rings. The molecular weight excluding hydrogens is 314 g/mol. The normalized spacial score (nSPS) is 19.6. The summed E-state index contributed by atoms with van der Waals surface area (Å²) < 4.78 is 23.6. The quantitative estimate of drug-likeness (QED) is 0.808. The lowest BCUT2D eigenvalue weighted by Crippen LogP contribution is -2.45. The van der Waals surface area contributed by atoms with Gasteiger partial charge in [-0.3, -0.25) is 9.89 Å². The largest absolute Gasteiger partial charge is 0.345 e. The van der Waals surface area contributed by atoms with Crippen molar-refractivity contribution in [2.24, 2.45) is 5.92 Å². The first kappa shape index (κ1) is 14.8. The first-order valence-corrected chi connectivity index (χ1v) is 9.36. The minimum atomic E-state index is -4.01. The third kappa shape index (κ3) is 2.94. The van der Waals surface area contributed by atoms with Gasteiger partial charge in [0.25, 0.3) is 15.0 Å². The molecule has 2 aliphatic carbocycles. The monoisotopic (exact) mass is 331 g/mol. The summed E-state index contributed by atoms with van der Waals surface area (Å²) in [5.74, 6) is 0.0487. The van der Waals surface area contributed by atoms with E-state index in [1.165, 1.54) is 0 Å². The summed E-state index contributed by atoms with van der Waals surface area (Å²) in [6, 6.07) is 0. The number of hydrogen-bond acceptors (Lipinski definition) is 4. The molecule has 2 aliphatic rings. The maximum Gasteiger partial charge on any atom is 0.273 e. The zero-order valence-electron chi connectivity index (χ0n) is 11.9. The van der Waals surface area contributed by atoms with Crippen LogP contribution in [0, 0.1) is 5.92 Å². The maximum absolute atomic E-state index is 12.4. The number of H-pyrrole nitrogens is 1. The number of amides is 1. The van der Waals surface area contributed by atoms with E-state index in [4.69, 9.17) is 10.7 Å². The predicted molar refractivity (Wildman–Crippen MR) is 77.9 cm³/mol. The van der Waals surface area contributed by atoms with E-state index in [1.54, 1.807) is 0 Å². The highest BCUT2D eigenvalue weighted by atomic mass is 35.7. The van der Waals surface area contributed by atoms with Crippen molar-refractivity contribution in [3.8, 4) is 0 Å². The first-order chi connectivity index (χ1) is 9.70. The van der Waals surface area contributed by atoms with Crippen LogP contribution in [0.2, 0.25) is 0 Å². The smallest absolute Gasteiger partial charge is 0.273 e. The van der Waals surface area contributed by atoms with Crippen LogP contribution in [0.15, 0.2) is 4.90 Å². The number of carbonyl (C=O) groups excluding carboxylic acids is 1. The molecule has 1 amide bonds. The summed E-state index contributed by atoms with van der Waals surface area (Å²) in [6.45, 7) is 3.87. The third-order valence-corrected chi connectivity index (χ3v) is 5.59. The van der Waals surface area contributed by atoms with E-state index in [9.17, 15) is 13.2 Å². The van der Waals surface area contributed by atoms with Crippen LogP contribution in [-0.2, 0) is 9.05 Å². The summed E-state index contributed by atoms with van der Waals surface area (Å²) in [6.07, 6.45) is 3.91. The van der Waals surface area contributed by atoms with Crippen LogP contribution in [-0.4, -0.2) is 30.1 Å². The molecule has 2 saturated carbocycles. The summed E-state index contributed by atoms with van der Waals surface area (Å²) >= 11 is 0. The van der Waals surface area contributed by atoms with Gasteiger partial charge in [0.15, 0.2) is 5.69 Å². The Morgan fingerprint density at radius 2 is 1.95 bits per heavy atom. The van der Waals surface area contributed by atoms with E-state index in [-0.39, 0.29) is 22.0 Å². The fraction of sp³-hybridized carbons (Fsp3) is 0.692. The molecule has 0 aromatic carbocycles. The molecule has 3 rings (SSSR count). The average molecular weight is 332 g/mol. The minimum absolute atomic E-state index is 0.110. The molecule has 0 unspecified atom stereocenters. The van der Waals surface area contributed by atoms with Gasteiger partial charge >= 0.3 is 0 Å². The average Bonchev–Trinajstić information content (AvgIpc) is 3.22. The van der Waals surface area contributed by atoms with Crippen LogP contribution >= 0.6 is 10.7 Å². The number of aromatic nitrogens is 2. The van der Waals surface area contributed by atoms with E-state index in [0.717, 1.165) is 25.7 Å². The molecule has 6 nitrogen and oxygen atoms in total. The topological polar surface area (TPSA) is 91.9 Å². The van der Waals surface area contributed by atoms with E-state index in [0.29, 0.717) is 11.6 Å². The van der Waals surface area contributed by atoms with Crippen molar-refractivity contribution in [2.75, 3.05) is 0 Å². The van der Waals surface area contributed by atoms with Crippen molar-refractivity contribution in [1.82, 2.24) is 15.5 Å². The number of halogens is 1. The summed E-state index contributed by atoms with van der Waals surface area (Å²) in [5.41, 5.74) is -0.0386. The van der Waals surface area contributed by atoms with Crippen molar-refractivity contribution in [3.05, 3.63) is 11.4 Å². The number of carbonyl (C=O) groups is 1. The van der Waals surface area contributed by atoms with Crippen molar-refractivity contribution in [3.63, 3.8) is 0 Å². The Bertz CT molecular complexity index is 688. The molecule has 21 heavy (non-hydrogen) atoms. The van der Waals surface area contributed by atoms with Crippen LogP contribution in [0.1, 0.15) is 61.6 Å². The molecule has 0 bridgehead atoms. The standard InChI is InChI=1S/C13H18ClN3O3S/c1-13(2,8-5-6-8)15-12(18)10-11(21(14,19)20)9(16-17-10)7-3-4-7/h7-8H,3-6H2,1-2H3,(H,15,18)(H,16,17). The van der Waals surface area contributed by atoms with E-state index in [1.807, 2.05) is 13.8 Å². The molecular formula is C13H18ClN3O3S. The zero-order chi connectivity index (χ0) is 15.4. The van der Waals surface area contributed by atoms with Crippen LogP contribution in [0.3, 0.4) is 0 Å². The highest BCUT2D eigenvalue weighted by Crippen LogP contribution is 2.43. The van der Waals surface area contributed by atoms with E-state index < -0.39 is 15.0 Å². The highest BCUT2D eigenvalue weighted by Gasteiger charge is 2.41. The molecule has 0 aliphatic heterocycles. The number of nitrogens with zero attached hydrogens (tertiary/aromatic N) is 1. The molecule has 0 atom stereocenters. The van der Waals surface area contributed by atoms with Gasteiger partial charge in [-0.25, -0.2) is 8.42 Å². The second kappa shape index (κ2) is 4.71. The van der Waals surface area contributed by atoms with Gasteiger partial charge in [-0.05, 0) is 45.4 Å². The van der Waals surface area contributed by atoms with Crippen LogP contribution in [0.5, 0.6) is 0 Å². The first-order valence-electron chi connectivity index (χ1n) is 7.05. The Kier molecular flexibility index (Phi) is 3.33. The van der Waals surface area contributed by atoms with E-state index in [2.05, 4.69) is 15.5 Å². The fourth-order valence-corrected chi connectivity index (χ4v) is 3.97. The molecule has 1 aromatic heterocycles. The van der Waals surface area contributed by atoms with Crippen molar-refractivity contribution in [2.45, 2.75) is 55.9 Å². The second-order valence-electron chi connectivity index (χ2n) is 6.48. The van der Waals surface area contributed by atoms with Crippen molar-refractivity contribution in [1.29, 1.82) is 0 Å². The van der Waals surface area contributed by atoms with Gasteiger partial charge in [0, 0.05) is 22.1 Å². The molecule has 116 valence electrons. The fourth-order valence-electron chi connectivity index (χ4n) is 2.65. The Balaban J connectivity index is 1.93. The van der Waals surface area contributed by atoms with Gasteiger partial charge in [-0.1, -0.05) is 0 Å². The Hall–Kier alpha value is -1.08. The molecule has 1 heterocycles. The van der Waals surface area contributed by atoms with Crippen molar-refractivity contribution < 1.29 is 13.2 Å². The van der Waals surface area contributed by atoms with E-state index >= 15 is 0 Å². The summed E-state index contributed by atoms with van der Waals surface area (Å²) in [4.78, 5) is 12.2. The lowest BCUT2D eigenvalue weighted by Gasteiger charge is -2.25. The Morgan fingerprint density at radius 1 is 1.33 bits per heavy atom. The minimum Gasteiger partial charge on any atom is -0.345 e.